The molecule has 3 N–H and O–H groups in total. The van der Waals surface area contributed by atoms with Crippen molar-refractivity contribution < 1.29 is 4.79 Å². The van der Waals surface area contributed by atoms with E-state index in [1.54, 1.807) is 18.5 Å². The second kappa shape index (κ2) is 9.99. The number of carbonyl (C=O) groups is 1. The largest absolute Gasteiger partial charge is 0.368 e. The number of rotatable bonds is 6. The van der Waals surface area contributed by atoms with Gasteiger partial charge in [0.25, 0.3) is 0 Å². The topological polar surface area (TPSA) is 112 Å². The summed E-state index contributed by atoms with van der Waals surface area (Å²) in [6, 6.07) is 5.69. The lowest BCUT2D eigenvalue weighted by molar-refractivity contribution is -0.138. The molecule has 1 amide bonds. The molecule has 0 unspecified atom stereocenters. The van der Waals surface area contributed by atoms with Gasteiger partial charge in [0.15, 0.2) is 0 Å². The molecule has 0 aromatic carbocycles. The molecule has 0 aliphatic carbocycles. The van der Waals surface area contributed by atoms with Crippen LogP contribution in [0.1, 0.15) is 42.6 Å². The molecular formula is C24H31N7O. The number of anilines is 1. The number of carbonyl (C=O) groups excluding carboxylic acids is 1. The van der Waals surface area contributed by atoms with E-state index in [0.29, 0.717) is 17.4 Å². The van der Waals surface area contributed by atoms with Gasteiger partial charge >= 0.3 is 0 Å². The van der Waals surface area contributed by atoms with Crippen LogP contribution in [0.5, 0.6) is 0 Å². The first kappa shape index (κ1) is 22.1. The summed E-state index contributed by atoms with van der Waals surface area (Å²) in [5.74, 6) is 0.808. The molecule has 0 atom stereocenters. The van der Waals surface area contributed by atoms with Crippen LogP contribution in [0.2, 0.25) is 0 Å². The molecule has 168 valence electrons. The summed E-state index contributed by atoms with van der Waals surface area (Å²) < 4.78 is 0. The molecule has 32 heavy (non-hydrogen) atoms. The first-order valence-electron chi connectivity index (χ1n) is 11.3. The predicted molar refractivity (Wildman–Crippen MR) is 125 cm³/mol. The van der Waals surface area contributed by atoms with Crippen LogP contribution in [0.15, 0.2) is 37.2 Å². The molecule has 8 heteroatoms. The van der Waals surface area contributed by atoms with E-state index in [4.69, 9.17) is 11.1 Å². The zero-order valence-corrected chi connectivity index (χ0v) is 18.4. The fourth-order valence-electron chi connectivity index (χ4n) is 4.61. The number of nitrogens with zero attached hydrogens (tertiary/aromatic N) is 5. The fourth-order valence-corrected chi connectivity index (χ4v) is 4.61. The van der Waals surface area contributed by atoms with E-state index in [-0.39, 0.29) is 17.7 Å². The Morgan fingerprint density at radius 3 is 2.41 bits per heavy atom. The van der Waals surface area contributed by atoms with Gasteiger partial charge in [-0.25, -0.2) is 15.0 Å². The molecule has 2 aromatic rings. The summed E-state index contributed by atoms with van der Waals surface area (Å²) in [6.45, 7) is 7.77. The zero-order chi connectivity index (χ0) is 22.5. The molecule has 0 bridgehead atoms. The van der Waals surface area contributed by atoms with E-state index < -0.39 is 0 Å². The Bertz CT molecular complexity index is 959. The van der Waals surface area contributed by atoms with E-state index in [2.05, 4.69) is 26.4 Å². The van der Waals surface area contributed by atoms with Crippen molar-refractivity contribution in [3.8, 4) is 0 Å². The molecule has 2 aliphatic rings. The van der Waals surface area contributed by atoms with Gasteiger partial charge in [-0.1, -0.05) is 12.6 Å². The van der Waals surface area contributed by atoms with Gasteiger partial charge in [-0.05, 0) is 57.0 Å². The number of likely N-dealkylation sites (tertiary alicyclic amines) is 2. The van der Waals surface area contributed by atoms with Crippen molar-refractivity contribution in [1.29, 1.82) is 5.41 Å². The van der Waals surface area contributed by atoms with E-state index in [0.717, 1.165) is 69.7 Å². The van der Waals surface area contributed by atoms with Gasteiger partial charge in [0.05, 0.1) is 17.1 Å². The van der Waals surface area contributed by atoms with Crippen LogP contribution in [0.25, 0.3) is 6.08 Å². The number of pyridine rings is 1. The van der Waals surface area contributed by atoms with Crippen molar-refractivity contribution in [3.63, 3.8) is 0 Å². The van der Waals surface area contributed by atoms with Crippen molar-refractivity contribution in [2.75, 3.05) is 31.9 Å². The van der Waals surface area contributed by atoms with E-state index >= 15 is 0 Å². The number of hydrogen-bond acceptors (Lipinski definition) is 7. The average Bonchev–Trinajstić information content (AvgIpc) is 2.85. The minimum Gasteiger partial charge on any atom is -0.368 e. The van der Waals surface area contributed by atoms with Gasteiger partial charge in [0.2, 0.25) is 11.9 Å². The molecule has 0 radical (unpaired) electrons. The van der Waals surface area contributed by atoms with Crippen LogP contribution < -0.4 is 5.73 Å². The van der Waals surface area contributed by atoms with Crippen molar-refractivity contribution in [1.82, 2.24) is 24.8 Å². The van der Waals surface area contributed by atoms with Crippen molar-refractivity contribution in [2.45, 2.75) is 32.2 Å². The number of amides is 1. The molecule has 2 aromatic heterocycles. The van der Waals surface area contributed by atoms with Crippen LogP contribution >= 0.6 is 0 Å². The molecule has 0 spiro atoms. The fraction of sp³-hybridized carbons (Fsp3) is 0.458. The van der Waals surface area contributed by atoms with Gasteiger partial charge in [-0.2, -0.15) is 0 Å². The summed E-state index contributed by atoms with van der Waals surface area (Å²) >= 11 is 0. The number of nitrogens with two attached hydrogens (primary N) is 1. The maximum atomic E-state index is 13.1. The van der Waals surface area contributed by atoms with Crippen LogP contribution in [0, 0.1) is 17.2 Å². The molecule has 0 saturated carbocycles. The Labute approximate surface area is 189 Å². The van der Waals surface area contributed by atoms with Crippen molar-refractivity contribution >= 4 is 23.6 Å². The Balaban J connectivity index is 1.24. The Kier molecular flexibility index (Phi) is 6.90. The second-order valence-corrected chi connectivity index (χ2v) is 8.66. The normalized spacial score (nSPS) is 18.4. The smallest absolute Gasteiger partial charge is 0.225 e. The standard InChI is InChI=1S/C24H31N7O/c1-2-20-4-3-5-21(29-20)22(25)18-8-12-31(13-9-18)23(32)19-6-10-30(11-7-19)16-17-14-27-24(26)28-15-17/h2-5,14-15,18-19,25H,1,6-13,16H2,(H2,26,27,28). The Morgan fingerprint density at radius 1 is 1.09 bits per heavy atom. The van der Waals surface area contributed by atoms with E-state index in [1.165, 1.54) is 0 Å². The number of hydrogen-bond donors (Lipinski definition) is 2. The Hall–Kier alpha value is -3.13. The van der Waals surface area contributed by atoms with Gasteiger partial charge in [0.1, 0.15) is 0 Å². The summed E-state index contributed by atoms with van der Waals surface area (Å²) in [7, 11) is 0. The maximum Gasteiger partial charge on any atom is 0.225 e. The average molecular weight is 434 g/mol. The van der Waals surface area contributed by atoms with Crippen LogP contribution in [-0.2, 0) is 11.3 Å². The third kappa shape index (κ3) is 5.19. The predicted octanol–water partition coefficient (Wildman–Crippen LogP) is 2.62. The lowest BCUT2D eigenvalue weighted by atomic mass is 9.88. The molecular weight excluding hydrogens is 402 g/mol. The zero-order valence-electron chi connectivity index (χ0n) is 18.4. The molecule has 2 aliphatic heterocycles. The van der Waals surface area contributed by atoms with Gasteiger partial charge in [-0.3, -0.25) is 9.69 Å². The molecule has 8 nitrogen and oxygen atoms in total. The van der Waals surface area contributed by atoms with Gasteiger partial charge in [-0.15, -0.1) is 0 Å². The summed E-state index contributed by atoms with van der Waals surface area (Å²) in [5.41, 5.74) is 8.67. The summed E-state index contributed by atoms with van der Waals surface area (Å²) in [5, 5.41) is 8.57. The minimum absolute atomic E-state index is 0.0934. The highest BCUT2D eigenvalue weighted by Gasteiger charge is 2.32. The molecule has 4 rings (SSSR count). The van der Waals surface area contributed by atoms with Crippen LogP contribution in [0.3, 0.4) is 0 Å². The third-order valence-corrected chi connectivity index (χ3v) is 6.54. The molecule has 4 heterocycles. The first-order valence-corrected chi connectivity index (χ1v) is 11.3. The first-order chi connectivity index (χ1) is 15.5. The highest BCUT2D eigenvalue weighted by molar-refractivity contribution is 5.98. The third-order valence-electron chi connectivity index (χ3n) is 6.54. The highest BCUT2D eigenvalue weighted by atomic mass is 16.2. The monoisotopic (exact) mass is 433 g/mol. The highest BCUT2D eigenvalue weighted by Crippen LogP contribution is 2.26. The molecule has 2 fully saturated rings. The maximum absolute atomic E-state index is 13.1. The lowest BCUT2D eigenvalue weighted by Gasteiger charge is -2.37. The van der Waals surface area contributed by atoms with Crippen LogP contribution in [0.4, 0.5) is 5.95 Å². The van der Waals surface area contributed by atoms with Crippen molar-refractivity contribution in [3.05, 3.63) is 54.1 Å². The van der Waals surface area contributed by atoms with E-state index in [1.807, 2.05) is 23.1 Å². The minimum atomic E-state index is 0.0934. The number of aromatic nitrogens is 3. The van der Waals surface area contributed by atoms with Gasteiger partial charge < -0.3 is 16.0 Å². The quantitative estimate of drug-likeness (QED) is 0.677. The van der Waals surface area contributed by atoms with Crippen LogP contribution in [-0.4, -0.2) is 62.5 Å². The SMILES string of the molecule is C=Cc1cccc(C(=N)C2CCN(C(=O)C3CCN(Cc4cnc(N)nc4)CC3)CC2)n1. The summed E-state index contributed by atoms with van der Waals surface area (Å²) in [6.07, 6.45) is 8.63. The lowest BCUT2D eigenvalue weighted by Crippen LogP contribution is -2.46. The van der Waals surface area contributed by atoms with Gasteiger partial charge in [0, 0.05) is 49.4 Å². The van der Waals surface area contributed by atoms with E-state index in [9.17, 15) is 4.79 Å². The van der Waals surface area contributed by atoms with Crippen molar-refractivity contribution in [2.24, 2.45) is 11.8 Å². The second-order valence-electron chi connectivity index (χ2n) is 8.66. The number of nitrogens with one attached hydrogen (secondary N) is 1. The number of nitrogen functional groups attached to an aromatic ring is 1. The molecule has 2 saturated heterocycles. The number of piperidine rings is 2. The summed E-state index contributed by atoms with van der Waals surface area (Å²) in [4.78, 5) is 30.0. The Morgan fingerprint density at radius 2 is 1.75 bits per heavy atom.